The number of rotatable bonds is 4. The van der Waals surface area contributed by atoms with Crippen LogP contribution in [0.15, 0.2) is 24.3 Å². The van der Waals surface area contributed by atoms with Gasteiger partial charge in [0.05, 0.1) is 6.61 Å². The molecule has 0 aliphatic carbocycles. The summed E-state index contributed by atoms with van der Waals surface area (Å²) < 4.78 is 31.3. The molecule has 0 saturated heterocycles. The third-order valence-electron chi connectivity index (χ3n) is 2.19. The highest BCUT2D eigenvalue weighted by atomic mass is 35.5. The van der Waals surface area contributed by atoms with E-state index in [2.05, 4.69) is 4.74 Å². The summed E-state index contributed by atoms with van der Waals surface area (Å²) in [6.07, 6.45) is 0. The lowest BCUT2D eigenvalue weighted by atomic mass is 10.0. The summed E-state index contributed by atoms with van der Waals surface area (Å²) in [6.45, 7) is 1.29. The first-order valence-electron chi connectivity index (χ1n) is 4.99. The molecule has 0 radical (unpaired) electrons. The molecule has 0 amide bonds. The number of hydrogen-bond donors (Lipinski definition) is 2. The van der Waals surface area contributed by atoms with Crippen molar-refractivity contribution in [3.05, 3.63) is 29.8 Å². The normalized spacial score (nSPS) is 12.4. The Morgan fingerprint density at radius 2 is 1.94 bits per heavy atom. The van der Waals surface area contributed by atoms with E-state index in [1.807, 2.05) is 0 Å². The van der Waals surface area contributed by atoms with Crippen LogP contribution in [0.3, 0.4) is 0 Å². The van der Waals surface area contributed by atoms with Gasteiger partial charge in [0.25, 0.3) is 0 Å². The maximum atomic E-state index is 13.5. The quantitative estimate of drug-likeness (QED) is 0.828. The molecular formula is C11H14ClF2NO3. The highest BCUT2D eigenvalue weighted by molar-refractivity contribution is 5.85. The summed E-state index contributed by atoms with van der Waals surface area (Å²) in [5.74, 6) is -5.52. The number of alkyl halides is 2. The highest BCUT2D eigenvalue weighted by Crippen LogP contribution is 2.31. The number of halogens is 3. The van der Waals surface area contributed by atoms with E-state index < -0.39 is 17.9 Å². The molecule has 1 atom stereocenters. The fraction of sp³-hybridized carbons (Fsp3) is 0.364. The largest absolute Gasteiger partial charge is 0.508 e. The van der Waals surface area contributed by atoms with Gasteiger partial charge in [0, 0.05) is 0 Å². The monoisotopic (exact) mass is 281 g/mol. The van der Waals surface area contributed by atoms with Gasteiger partial charge in [0.15, 0.2) is 0 Å². The minimum Gasteiger partial charge on any atom is -0.508 e. The molecule has 1 aromatic carbocycles. The number of ether oxygens (including phenoxy) is 1. The molecule has 18 heavy (non-hydrogen) atoms. The van der Waals surface area contributed by atoms with Crippen LogP contribution >= 0.6 is 12.4 Å². The number of carbonyl (C=O) groups is 1. The molecule has 0 fully saturated rings. The Balaban J connectivity index is 0.00000289. The second-order valence-electron chi connectivity index (χ2n) is 3.41. The van der Waals surface area contributed by atoms with Crippen LogP contribution in [-0.4, -0.2) is 23.6 Å². The molecule has 4 nitrogen and oxygen atoms in total. The van der Waals surface area contributed by atoms with Crippen LogP contribution in [0.2, 0.25) is 0 Å². The van der Waals surface area contributed by atoms with Gasteiger partial charge in [0.2, 0.25) is 0 Å². The van der Waals surface area contributed by atoms with Gasteiger partial charge in [-0.1, -0.05) is 12.1 Å². The molecule has 0 spiro atoms. The van der Waals surface area contributed by atoms with Crippen molar-refractivity contribution in [3.63, 3.8) is 0 Å². The molecule has 1 aromatic rings. The predicted molar refractivity (Wildman–Crippen MR) is 63.9 cm³/mol. The number of carbonyl (C=O) groups excluding carboxylic acids is 1. The van der Waals surface area contributed by atoms with E-state index in [0.29, 0.717) is 0 Å². The third kappa shape index (κ3) is 3.54. The first kappa shape index (κ1) is 16.6. The third-order valence-corrected chi connectivity index (χ3v) is 2.19. The van der Waals surface area contributed by atoms with E-state index in [4.69, 9.17) is 10.8 Å². The highest BCUT2D eigenvalue weighted by Gasteiger charge is 2.47. The molecular weight excluding hydrogens is 268 g/mol. The van der Waals surface area contributed by atoms with Crippen LogP contribution in [0, 0.1) is 0 Å². The first-order chi connectivity index (χ1) is 7.89. The summed E-state index contributed by atoms with van der Waals surface area (Å²) in [6, 6.07) is 3.09. The van der Waals surface area contributed by atoms with Crippen molar-refractivity contribution in [2.24, 2.45) is 5.73 Å². The van der Waals surface area contributed by atoms with Crippen LogP contribution in [0.1, 0.15) is 18.5 Å². The molecule has 102 valence electrons. The van der Waals surface area contributed by atoms with Gasteiger partial charge in [0.1, 0.15) is 11.8 Å². The summed E-state index contributed by atoms with van der Waals surface area (Å²) >= 11 is 0. The van der Waals surface area contributed by atoms with E-state index in [9.17, 15) is 13.6 Å². The Kier molecular flexibility index (Phi) is 6.00. The van der Waals surface area contributed by atoms with Gasteiger partial charge in [-0.2, -0.15) is 8.78 Å². The zero-order valence-corrected chi connectivity index (χ0v) is 10.4. The zero-order chi connectivity index (χ0) is 13.1. The van der Waals surface area contributed by atoms with E-state index in [1.54, 1.807) is 0 Å². The van der Waals surface area contributed by atoms with Gasteiger partial charge in [-0.25, -0.2) is 4.79 Å². The van der Waals surface area contributed by atoms with Crippen LogP contribution in [0.25, 0.3) is 0 Å². The van der Waals surface area contributed by atoms with Crippen LogP contribution < -0.4 is 5.73 Å². The maximum absolute atomic E-state index is 13.5. The number of esters is 1. The summed E-state index contributed by atoms with van der Waals surface area (Å²) in [7, 11) is 0. The van der Waals surface area contributed by atoms with Crippen molar-refractivity contribution in [1.82, 2.24) is 0 Å². The topological polar surface area (TPSA) is 72.5 Å². The number of aromatic hydroxyl groups is 1. The lowest BCUT2D eigenvalue weighted by molar-refractivity contribution is -0.174. The molecule has 7 heteroatoms. The molecule has 0 aliphatic heterocycles. The Morgan fingerprint density at radius 3 is 2.39 bits per heavy atom. The Hall–Kier alpha value is -1.40. The second kappa shape index (κ2) is 6.51. The SMILES string of the molecule is CCOC(=O)C(F)(F)[C@H](N)c1ccc(O)cc1.Cl. The van der Waals surface area contributed by atoms with E-state index >= 15 is 0 Å². The van der Waals surface area contributed by atoms with E-state index in [1.165, 1.54) is 31.2 Å². The van der Waals surface area contributed by atoms with Crippen molar-refractivity contribution in [2.45, 2.75) is 18.9 Å². The number of nitrogens with two attached hydrogens (primary N) is 1. The van der Waals surface area contributed by atoms with Gasteiger partial charge in [-0.15, -0.1) is 12.4 Å². The number of benzene rings is 1. The van der Waals surface area contributed by atoms with E-state index in [0.717, 1.165) is 0 Å². The van der Waals surface area contributed by atoms with Gasteiger partial charge in [-0.3, -0.25) is 0 Å². The van der Waals surface area contributed by atoms with Gasteiger partial charge in [-0.05, 0) is 24.6 Å². The van der Waals surface area contributed by atoms with E-state index in [-0.39, 0.29) is 30.3 Å². The molecule has 0 saturated carbocycles. The smallest absolute Gasteiger partial charge is 0.379 e. The Bertz CT molecular complexity index is 398. The molecule has 0 heterocycles. The summed E-state index contributed by atoms with van der Waals surface area (Å²) in [5, 5.41) is 9.01. The number of phenolic OH excluding ortho intramolecular Hbond substituents is 1. The van der Waals surface area contributed by atoms with Crippen LogP contribution in [-0.2, 0) is 9.53 Å². The average Bonchev–Trinajstić information content (AvgIpc) is 2.29. The molecule has 0 bridgehead atoms. The van der Waals surface area contributed by atoms with Crippen molar-refractivity contribution >= 4 is 18.4 Å². The second-order valence-corrected chi connectivity index (χ2v) is 3.41. The Morgan fingerprint density at radius 1 is 1.44 bits per heavy atom. The molecule has 3 N–H and O–H groups in total. The predicted octanol–water partition coefficient (Wildman–Crippen LogP) is 2.01. The average molecular weight is 282 g/mol. The minimum atomic E-state index is -3.80. The molecule has 0 aromatic heterocycles. The fourth-order valence-electron chi connectivity index (χ4n) is 1.25. The van der Waals surface area contributed by atoms with Crippen LogP contribution in [0.5, 0.6) is 5.75 Å². The number of phenols is 1. The zero-order valence-electron chi connectivity index (χ0n) is 9.60. The molecule has 0 unspecified atom stereocenters. The Labute approximate surface area is 109 Å². The van der Waals surface area contributed by atoms with Crippen molar-refractivity contribution in [3.8, 4) is 5.75 Å². The van der Waals surface area contributed by atoms with Crippen molar-refractivity contribution < 1.29 is 23.4 Å². The minimum absolute atomic E-state index is 0. The van der Waals surface area contributed by atoms with Crippen molar-refractivity contribution in [1.29, 1.82) is 0 Å². The molecule has 1 rings (SSSR count). The molecule has 0 aliphatic rings. The lowest BCUT2D eigenvalue weighted by Gasteiger charge is -2.21. The van der Waals surface area contributed by atoms with Crippen LogP contribution in [0.4, 0.5) is 8.78 Å². The number of hydrogen-bond acceptors (Lipinski definition) is 4. The summed E-state index contributed by atoms with van der Waals surface area (Å²) in [4.78, 5) is 11.0. The van der Waals surface area contributed by atoms with Crippen molar-refractivity contribution in [2.75, 3.05) is 6.61 Å². The summed E-state index contributed by atoms with van der Waals surface area (Å²) in [5.41, 5.74) is 5.36. The first-order valence-corrected chi connectivity index (χ1v) is 4.99. The fourth-order valence-corrected chi connectivity index (χ4v) is 1.25. The maximum Gasteiger partial charge on any atom is 0.379 e. The van der Waals surface area contributed by atoms with Gasteiger partial charge < -0.3 is 15.6 Å². The standard InChI is InChI=1S/C11H13F2NO3.ClH/c1-2-17-10(16)11(12,13)9(14)7-3-5-8(15)6-4-7;/h3-6,9,15H,2,14H2,1H3;1H/t9-;/m1./s1. The van der Waals surface area contributed by atoms with Gasteiger partial charge >= 0.3 is 11.9 Å². The lowest BCUT2D eigenvalue weighted by Crippen LogP contribution is -2.41.